The molecule has 6 heterocycles. The summed E-state index contributed by atoms with van der Waals surface area (Å²) in [5, 5.41) is 15.3. The van der Waals surface area contributed by atoms with Crippen LogP contribution in [-0.2, 0) is 23.7 Å². The Kier molecular flexibility index (Phi) is 8.02. The van der Waals surface area contributed by atoms with Crippen molar-refractivity contribution in [3.8, 4) is 5.75 Å². The number of halogens is 3. The zero-order valence-corrected chi connectivity index (χ0v) is 32.4. The Morgan fingerprint density at radius 2 is 1.81 bits per heavy atom. The van der Waals surface area contributed by atoms with Gasteiger partial charge in [-0.05, 0) is 74.4 Å². The smallest absolute Gasteiger partial charge is 0.301 e. The first-order chi connectivity index (χ1) is 27.3. The summed E-state index contributed by atoms with van der Waals surface area (Å²) < 4.78 is 39.0. The van der Waals surface area contributed by atoms with Crippen molar-refractivity contribution in [3.63, 3.8) is 0 Å². The van der Waals surface area contributed by atoms with Crippen LogP contribution in [0.1, 0.15) is 50.1 Å². The van der Waals surface area contributed by atoms with Crippen LogP contribution in [0.25, 0.3) is 21.8 Å². The third-order valence-corrected chi connectivity index (χ3v) is 12.9. The zero-order chi connectivity index (χ0) is 39.5. The van der Waals surface area contributed by atoms with Gasteiger partial charge in [-0.25, -0.2) is 13.8 Å². The molecule has 3 aromatic heterocycles. The van der Waals surface area contributed by atoms with E-state index in [1.54, 1.807) is 31.4 Å². The second-order valence-corrected chi connectivity index (χ2v) is 17.0. The Hall–Kier alpha value is -5.51. The molecule has 0 bridgehead atoms. The number of piperidine rings is 1. The maximum absolute atomic E-state index is 15.1. The van der Waals surface area contributed by atoms with Crippen LogP contribution < -0.4 is 36.0 Å². The predicted molar refractivity (Wildman–Crippen MR) is 212 cm³/mol. The number of fused-ring (bicyclic) bond motifs is 4. The van der Waals surface area contributed by atoms with Crippen LogP contribution in [0.15, 0.2) is 47.4 Å². The number of amides is 2. The lowest BCUT2D eigenvalue weighted by Crippen LogP contribution is -2.66. The first-order valence-corrected chi connectivity index (χ1v) is 19.7. The summed E-state index contributed by atoms with van der Waals surface area (Å²) in [5.74, 6) is -3.45. The van der Waals surface area contributed by atoms with Crippen molar-refractivity contribution in [1.29, 1.82) is 0 Å². The van der Waals surface area contributed by atoms with Gasteiger partial charge in [-0.2, -0.15) is 10.1 Å². The SMILES string of the molecule is CN(c1ccc2c(C3CCC(=O)NC3=O)nn(C)c2c1)C1CC2(C1)CN(c1ncc(Cl)c(Nc3ccc4c(c3)c3c(c(=O)n4C)OCC(F)(F)C(C4CC4)N3)n1)C2. The number of ether oxygens (including phenoxy) is 1. The van der Waals surface area contributed by atoms with Crippen LogP contribution in [0.5, 0.6) is 5.75 Å². The summed E-state index contributed by atoms with van der Waals surface area (Å²) in [4.78, 5) is 51.3. The number of pyridine rings is 1. The zero-order valence-electron chi connectivity index (χ0n) is 31.6. The van der Waals surface area contributed by atoms with Crippen LogP contribution in [0.4, 0.5) is 37.6 Å². The number of nitrogens with zero attached hydrogens (tertiary/aromatic N) is 7. The Balaban J connectivity index is 0.825. The Morgan fingerprint density at radius 1 is 1.02 bits per heavy atom. The number of hydrogen-bond donors (Lipinski definition) is 3. The normalized spacial score (nSPS) is 22.6. The summed E-state index contributed by atoms with van der Waals surface area (Å²) in [6, 6.07) is 10.8. The van der Waals surface area contributed by atoms with Gasteiger partial charge in [-0.15, -0.1) is 0 Å². The van der Waals surface area contributed by atoms with Gasteiger partial charge in [0.15, 0.2) is 12.4 Å². The van der Waals surface area contributed by atoms with Crippen LogP contribution in [0.2, 0.25) is 5.02 Å². The molecule has 5 aliphatic rings. The molecule has 2 aliphatic carbocycles. The van der Waals surface area contributed by atoms with Crippen LogP contribution >= 0.6 is 11.6 Å². The van der Waals surface area contributed by atoms with E-state index in [0.29, 0.717) is 70.8 Å². The maximum Gasteiger partial charge on any atom is 0.301 e. The van der Waals surface area contributed by atoms with Crippen molar-refractivity contribution in [2.24, 2.45) is 25.4 Å². The molecule has 1 spiro atoms. The molecule has 14 nitrogen and oxygen atoms in total. The minimum Gasteiger partial charge on any atom is -0.480 e. The van der Waals surface area contributed by atoms with Crippen molar-refractivity contribution in [1.82, 2.24) is 29.6 Å². The summed E-state index contributed by atoms with van der Waals surface area (Å²) >= 11 is 6.60. The molecule has 2 atom stereocenters. The number of nitrogens with one attached hydrogen (secondary N) is 3. The maximum atomic E-state index is 15.1. The number of imide groups is 1. The van der Waals surface area contributed by atoms with E-state index < -0.39 is 30.0 Å². The molecule has 17 heteroatoms. The monoisotopic (exact) mass is 798 g/mol. The van der Waals surface area contributed by atoms with E-state index in [-0.39, 0.29) is 34.6 Å². The molecule has 2 amide bonds. The number of aryl methyl sites for hydroxylation is 2. The first kappa shape index (κ1) is 35.9. The van der Waals surface area contributed by atoms with Crippen molar-refractivity contribution < 1.29 is 23.1 Å². The molecule has 0 radical (unpaired) electrons. The van der Waals surface area contributed by atoms with Crippen molar-refractivity contribution >= 4 is 74.0 Å². The van der Waals surface area contributed by atoms with Gasteiger partial charge in [0.05, 0.1) is 40.6 Å². The number of rotatable bonds is 7. The summed E-state index contributed by atoms with van der Waals surface area (Å²) in [6.07, 6.45) is 5.75. The highest BCUT2D eigenvalue weighted by atomic mass is 35.5. The summed E-state index contributed by atoms with van der Waals surface area (Å²) in [7, 11) is 5.59. The third-order valence-electron chi connectivity index (χ3n) is 12.7. The molecule has 2 aromatic carbocycles. The van der Waals surface area contributed by atoms with E-state index >= 15 is 8.78 Å². The van der Waals surface area contributed by atoms with Gasteiger partial charge in [-0.3, -0.25) is 24.4 Å². The Bertz CT molecular complexity index is 2580. The fraction of sp³-hybridized carbons (Fsp3) is 0.450. The molecule has 3 N–H and O–H groups in total. The topological polar surface area (TPSA) is 152 Å². The molecular weight excluding hydrogens is 758 g/mol. The minimum atomic E-state index is -3.13. The number of carbonyl (C=O) groups excluding carboxylic acids is 2. The predicted octanol–water partition coefficient (Wildman–Crippen LogP) is 5.46. The van der Waals surface area contributed by atoms with Gasteiger partial charge in [0.2, 0.25) is 23.5 Å². The van der Waals surface area contributed by atoms with E-state index in [4.69, 9.17) is 26.4 Å². The van der Waals surface area contributed by atoms with Crippen LogP contribution in [0.3, 0.4) is 0 Å². The van der Waals surface area contributed by atoms with Gasteiger partial charge < -0.3 is 29.7 Å². The fourth-order valence-corrected chi connectivity index (χ4v) is 9.45. The van der Waals surface area contributed by atoms with E-state index in [2.05, 4.69) is 49.9 Å². The van der Waals surface area contributed by atoms with Gasteiger partial charge in [-0.1, -0.05) is 11.6 Å². The summed E-state index contributed by atoms with van der Waals surface area (Å²) in [5.41, 5.74) is 3.84. The molecule has 10 rings (SSSR count). The third kappa shape index (κ3) is 5.93. The number of anilines is 5. The van der Waals surface area contributed by atoms with Gasteiger partial charge in [0.1, 0.15) is 5.02 Å². The van der Waals surface area contributed by atoms with E-state index in [1.165, 1.54) is 4.57 Å². The number of hydrogen-bond acceptors (Lipinski definition) is 11. The molecule has 4 fully saturated rings. The lowest BCUT2D eigenvalue weighted by molar-refractivity contribution is -0.134. The molecule has 3 aliphatic heterocycles. The fourth-order valence-electron chi connectivity index (χ4n) is 9.31. The molecule has 2 unspecified atom stereocenters. The number of aromatic nitrogens is 5. The van der Waals surface area contributed by atoms with Gasteiger partial charge in [0, 0.05) is 74.3 Å². The van der Waals surface area contributed by atoms with E-state index in [1.807, 2.05) is 17.8 Å². The van der Waals surface area contributed by atoms with E-state index in [0.717, 1.165) is 42.5 Å². The first-order valence-electron chi connectivity index (χ1n) is 19.3. The average molecular weight is 799 g/mol. The van der Waals surface area contributed by atoms with Crippen molar-refractivity contribution in [3.05, 3.63) is 63.7 Å². The quantitative estimate of drug-likeness (QED) is 0.180. The van der Waals surface area contributed by atoms with Gasteiger partial charge >= 0.3 is 5.92 Å². The number of alkyl halides is 2. The second-order valence-electron chi connectivity index (χ2n) is 16.5. The summed E-state index contributed by atoms with van der Waals surface area (Å²) in [6.45, 7) is 0.756. The number of benzene rings is 2. The Labute approximate surface area is 330 Å². The molecule has 5 aromatic rings. The van der Waals surface area contributed by atoms with E-state index in [9.17, 15) is 14.4 Å². The van der Waals surface area contributed by atoms with Crippen molar-refractivity contribution in [2.45, 2.75) is 62.4 Å². The largest absolute Gasteiger partial charge is 0.480 e. The van der Waals surface area contributed by atoms with Crippen molar-refractivity contribution in [2.75, 3.05) is 47.2 Å². The highest BCUT2D eigenvalue weighted by Crippen LogP contribution is 2.52. The van der Waals surface area contributed by atoms with Crippen LogP contribution in [-0.4, -0.2) is 80.9 Å². The standard InChI is InChI=1S/C40H41ClF2N10O4/c1-50(22-7-8-24-29(13-22)52(3)49-31(24)25-9-11-30(54)46-36(25)55)23-14-39(15-23)17-53(18-39)38-44-16-27(41)35(48-38)45-21-6-10-28-26(12-21)32-33(37(56)51(28)2)57-19-40(42,43)34(47-32)20-4-5-20/h6-8,10,12-13,16,20,23,25,34,47H,4-5,9,11,14-15,17-19H2,1-3H3,(H,44,45,48)(H,46,54,55). The molecule has 57 heavy (non-hydrogen) atoms. The molecule has 2 saturated heterocycles. The molecule has 296 valence electrons. The Morgan fingerprint density at radius 3 is 2.56 bits per heavy atom. The lowest BCUT2D eigenvalue weighted by Gasteiger charge is -2.60. The molecular formula is C40H41ClF2N10O4. The average Bonchev–Trinajstić information content (AvgIpc) is 3.95. The molecule has 2 saturated carbocycles. The minimum absolute atomic E-state index is 0.112. The highest BCUT2D eigenvalue weighted by Gasteiger charge is 2.54. The highest BCUT2D eigenvalue weighted by molar-refractivity contribution is 6.33. The number of carbonyl (C=O) groups is 2. The second kappa shape index (κ2) is 12.7. The van der Waals surface area contributed by atoms with Crippen LogP contribution in [0, 0.1) is 11.3 Å². The lowest BCUT2D eigenvalue weighted by atomic mass is 9.60. The van der Waals surface area contributed by atoms with Gasteiger partial charge in [0.25, 0.3) is 5.56 Å².